The molecule has 1 aliphatic heterocycles. The van der Waals surface area contributed by atoms with Gasteiger partial charge in [-0.1, -0.05) is 32.4 Å². The Kier molecular flexibility index (Phi) is 4.55. The summed E-state index contributed by atoms with van der Waals surface area (Å²) in [5.41, 5.74) is 2.98. The van der Waals surface area contributed by atoms with Crippen molar-refractivity contribution in [2.75, 3.05) is 6.54 Å². The lowest BCUT2D eigenvalue weighted by molar-refractivity contribution is 0.480. The molecule has 0 spiro atoms. The lowest BCUT2D eigenvalue weighted by atomic mass is 9.95. The molecule has 4 heteroatoms. The van der Waals surface area contributed by atoms with Crippen LogP contribution in [0.2, 0.25) is 0 Å². The summed E-state index contributed by atoms with van der Waals surface area (Å²) in [4.78, 5) is 0.588. The minimum absolute atomic E-state index is 0.0465. The van der Waals surface area contributed by atoms with Crippen LogP contribution >= 0.6 is 0 Å². The number of rotatable bonds is 5. The Labute approximate surface area is 122 Å². The molecule has 0 bridgehead atoms. The summed E-state index contributed by atoms with van der Waals surface area (Å²) in [7, 11) is -3.20. The van der Waals surface area contributed by atoms with Gasteiger partial charge in [0.15, 0.2) is 9.84 Å². The van der Waals surface area contributed by atoms with Crippen molar-refractivity contribution in [2.24, 2.45) is 0 Å². The third-order valence-corrected chi connectivity index (χ3v) is 6.58. The number of fused-ring (bicyclic) bond motifs is 1. The molecule has 0 saturated heterocycles. The standard InChI is InChI=1S/C16H25NO2S/c1-5-7-13-15(17-10-6-2)14-11(3)8-9-12(4)16(14)20(13,18)19/h8-9,13,15,17H,5-7,10H2,1-4H3. The van der Waals surface area contributed by atoms with Crippen LogP contribution in [0.15, 0.2) is 17.0 Å². The van der Waals surface area contributed by atoms with Crippen LogP contribution < -0.4 is 5.32 Å². The third kappa shape index (κ3) is 2.40. The molecule has 20 heavy (non-hydrogen) atoms. The molecule has 112 valence electrons. The van der Waals surface area contributed by atoms with E-state index in [0.717, 1.165) is 42.5 Å². The number of hydrogen-bond acceptors (Lipinski definition) is 3. The van der Waals surface area contributed by atoms with Gasteiger partial charge in [-0.25, -0.2) is 8.42 Å². The highest BCUT2D eigenvalue weighted by molar-refractivity contribution is 7.92. The van der Waals surface area contributed by atoms with Gasteiger partial charge >= 0.3 is 0 Å². The highest BCUT2D eigenvalue weighted by Gasteiger charge is 2.45. The van der Waals surface area contributed by atoms with E-state index in [4.69, 9.17) is 0 Å². The Balaban J connectivity index is 2.60. The molecule has 2 atom stereocenters. The summed E-state index contributed by atoms with van der Waals surface area (Å²) in [6, 6.07) is 3.92. The Morgan fingerprint density at radius 2 is 1.75 bits per heavy atom. The van der Waals surface area contributed by atoms with Crippen molar-refractivity contribution in [1.29, 1.82) is 0 Å². The molecule has 0 aromatic heterocycles. The molecular formula is C16H25NO2S. The van der Waals surface area contributed by atoms with Crippen molar-refractivity contribution in [1.82, 2.24) is 5.32 Å². The average molecular weight is 295 g/mol. The minimum atomic E-state index is -3.20. The maximum Gasteiger partial charge on any atom is 0.183 e. The Morgan fingerprint density at radius 3 is 2.35 bits per heavy atom. The van der Waals surface area contributed by atoms with Gasteiger partial charge < -0.3 is 5.32 Å². The fraction of sp³-hybridized carbons (Fsp3) is 0.625. The monoisotopic (exact) mass is 295 g/mol. The van der Waals surface area contributed by atoms with Crippen LogP contribution in [0.3, 0.4) is 0 Å². The average Bonchev–Trinajstić information content (AvgIpc) is 2.62. The SMILES string of the molecule is CCCNC1c2c(C)ccc(C)c2S(=O)(=O)C1CCC. The zero-order chi connectivity index (χ0) is 14.9. The second-order valence-corrected chi connectivity index (χ2v) is 7.85. The number of aryl methyl sites for hydroxylation is 2. The highest BCUT2D eigenvalue weighted by Crippen LogP contribution is 2.44. The Bertz CT molecular complexity index is 593. The van der Waals surface area contributed by atoms with Gasteiger partial charge in [-0.2, -0.15) is 0 Å². The lowest BCUT2D eigenvalue weighted by Crippen LogP contribution is -2.32. The van der Waals surface area contributed by atoms with Crippen LogP contribution in [-0.2, 0) is 9.84 Å². The largest absolute Gasteiger partial charge is 0.309 e. The summed E-state index contributed by atoms with van der Waals surface area (Å²) in [6.07, 6.45) is 2.62. The number of sulfone groups is 1. The quantitative estimate of drug-likeness (QED) is 0.906. The second kappa shape index (κ2) is 5.86. The van der Waals surface area contributed by atoms with E-state index in [-0.39, 0.29) is 11.3 Å². The van der Waals surface area contributed by atoms with Crippen molar-refractivity contribution in [2.45, 2.75) is 63.1 Å². The topological polar surface area (TPSA) is 46.2 Å². The summed E-state index contributed by atoms with van der Waals surface area (Å²) < 4.78 is 25.8. The van der Waals surface area contributed by atoms with Crippen LogP contribution in [-0.4, -0.2) is 20.2 Å². The van der Waals surface area contributed by atoms with Gasteiger partial charge in [0.25, 0.3) is 0 Å². The molecule has 1 heterocycles. The number of hydrogen-bond donors (Lipinski definition) is 1. The number of nitrogens with one attached hydrogen (secondary N) is 1. The molecule has 1 aromatic carbocycles. The van der Waals surface area contributed by atoms with Gasteiger partial charge in [0.05, 0.1) is 16.2 Å². The summed E-state index contributed by atoms with van der Waals surface area (Å²) in [5.74, 6) is 0. The lowest BCUT2D eigenvalue weighted by Gasteiger charge is -2.21. The molecule has 1 aromatic rings. The predicted molar refractivity (Wildman–Crippen MR) is 82.8 cm³/mol. The van der Waals surface area contributed by atoms with Crippen LogP contribution in [0.1, 0.15) is 55.8 Å². The predicted octanol–water partition coefficient (Wildman–Crippen LogP) is 3.30. The van der Waals surface area contributed by atoms with Crippen LogP contribution in [0.4, 0.5) is 0 Å². The van der Waals surface area contributed by atoms with E-state index in [1.54, 1.807) is 0 Å². The van der Waals surface area contributed by atoms with Crippen molar-refractivity contribution >= 4 is 9.84 Å². The first-order valence-electron chi connectivity index (χ1n) is 7.52. The maximum absolute atomic E-state index is 12.9. The smallest absolute Gasteiger partial charge is 0.183 e. The van der Waals surface area contributed by atoms with E-state index in [0.29, 0.717) is 4.90 Å². The van der Waals surface area contributed by atoms with Gasteiger partial charge in [-0.05, 0) is 49.9 Å². The molecule has 1 N–H and O–H groups in total. The molecule has 0 saturated carbocycles. The van der Waals surface area contributed by atoms with E-state index in [1.165, 1.54) is 0 Å². The first-order valence-corrected chi connectivity index (χ1v) is 9.07. The minimum Gasteiger partial charge on any atom is -0.309 e. The zero-order valence-corrected chi connectivity index (χ0v) is 13.7. The van der Waals surface area contributed by atoms with Gasteiger partial charge in [-0.3, -0.25) is 0 Å². The molecule has 0 amide bonds. The molecule has 2 unspecified atom stereocenters. The van der Waals surface area contributed by atoms with Gasteiger partial charge in [0, 0.05) is 0 Å². The molecule has 0 fully saturated rings. The molecule has 0 aliphatic carbocycles. The summed E-state index contributed by atoms with van der Waals surface area (Å²) in [6.45, 7) is 8.93. The Morgan fingerprint density at radius 1 is 1.10 bits per heavy atom. The normalized spacial score (nSPS) is 23.8. The first-order chi connectivity index (χ1) is 9.45. The molecule has 3 nitrogen and oxygen atoms in total. The second-order valence-electron chi connectivity index (χ2n) is 5.75. The molecule has 1 aliphatic rings. The van der Waals surface area contributed by atoms with E-state index in [2.05, 4.69) is 19.2 Å². The van der Waals surface area contributed by atoms with Gasteiger partial charge in [0.1, 0.15) is 0 Å². The highest BCUT2D eigenvalue weighted by atomic mass is 32.2. The van der Waals surface area contributed by atoms with E-state index in [1.807, 2.05) is 26.0 Å². The first kappa shape index (κ1) is 15.5. The van der Waals surface area contributed by atoms with Crippen molar-refractivity contribution in [3.63, 3.8) is 0 Å². The summed E-state index contributed by atoms with van der Waals surface area (Å²) in [5, 5.41) is 3.16. The van der Waals surface area contributed by atoms with Crippen molar-refractivity contribution in [3.8, 4) is 0 Å². The van der Waals surface area contributed by atoms with E-state index < -0.39 is 9.84 Å². The summed E-state index contributed by atoms with van der Waals surface area (Å²) >= 11 is 0. The molecule has 2 rings (SSSR count). The maximum atomic E-state index is 12.9. The van der Waals surface area contributed by atoms with Crippen LogP contribution in [0, 0.1) is 13.8 Å². The van der Waals surface area contributed by atoms with E-state index in [9.17, 15) is 8.42 Å². The zero-order valence-electron chi connectivity index (χ0n) is 12.9. The van der Waals surface area contributed by atoms with Crippen molar-refractivity contribution < 1.29 is 8.42 Å². The molecular weight excluding hydrogens is 270 g/mol. The van der Waals surface area contributed by atoms with E-state index >= 15 is 0 Å². The fourth-order valence-electron chi connectivity index (χ4n) is 3.23. The van der Waals surface area contributed by atoms with Crippen LogP contribution in [0.25, 0.3) is 0 Å². The fourth-order valence-corrected chi connectivity index (χ4v) is 5.78. The van der Waals surface area contributed by atoms with Gasteiger partial charge in [-0.15, -0.1) is 0 Å². The number of benzene rings is 1. The van der Waals surface area contributed by atoms with Gasteiger partial charge in [0.2, 0.25) is 0 Å². The van der Waals surface area contributed by atoms with Crippen molar-refractivity contribution in [3.05, 3.63) is 28.8 Å². The Hall–Kier alpha value is -0.870. The van der Waals surface area contributed by atoms with Crippen LogP contribution in [0.5, 0.6) is 0 Å². The third-order valence-electron chi connectivity index (χ3n) is 4.16. The molecule has 0 radical (unpaired) electrons.